The van der Waals surface area contributed by atoms with Crippen LogP contribution in [0.25, 0.3) is 0 Å². The number of aromatic nitrogens is 1. The van der Waals surface area contributed by atoms with Gasteiger partial charge in [0.25, 0.3) is 0 Å². The van der Waals surface area contributed by atoms with Gasteiger partial charge in [0.2, 0.25) is 0 Å². The molecule has 1 fully saturated rings. The molecule has 1 aromatic heterocycles. The lowest BCUT2D eigenvalue weighted by molar-refractivity contribution is 0.129. The van der Waals surface area contributed by atoms with Crippen molar-refractivity contribution >= 4 is 33.4 Å². The molecule has 0 radical (unpaired) electrons. The van der Waals surface area contributed by atoms with E-state index in [0.29, 0.717) is 6.10 Å². The summed E-state index contributed by atoms with van der Waals surface area (Å²) in [6, 6.07) is 0. The second-order valence-corrected chi connectivity index (χ2v) is 5.37. The van der Waals surface area contributed by atoms with Gasteiger partial charge in [-0.05, 0) is 28.8 Å². The number of hydrogen-bond donors (Lipinski definition) is 1. The summed E-state index contributed by atoms with van der Waals surface area (Å²) in [6.45, 7) is 0.901. The Hall–Kier alpha value is -0.260. The molecule has 2 rings (SSSR count). The van der Waals surface area contributed by atoms with Gasteiger partial charge in [0.1, 0.15) is 0 Å². The van der Waals surface area contributed by atoms with Crippen LogP contribution in [0.5, 0.6) is 0 Å². The molecule has 1 atom stereocenters. The molecular weight excluding hydrogens is 276 g/mol. The maximum atomic E-state index is 5.85. The molecule has 0 aliphatic carbocycles. The Morgan fingerprint density at radius 1 is 1.60 bits per heavy atom. The second-order valence-electron chi connectivity index (χ2n) is 3.49. The standard InChI is InChI=1S/C10H13BrN2OS/c11-8-4-13-5-9(12)10(8)15-6-7-2-1-3-14-7/h4-5,7H,1-3,6,12H2. The summed E-state index contributed by atoms with van der Waals surface area (Å²) in [4.78, 5) is 5.08. The number of thioether (sulfide) groups is 1. The van der Waals surface area contributed by atoms with Crippen molar-refractivity contribution in [1.29, 1.82) is 0 Å². The van der Waals surface area contributed by atoms with Gasteiger partial charge in [-0.25, -0.2) is 0 Å². The molecule has 5 heteroatoms. The molecule has 1 aliphatic heterocycles. The molecule has 1 aromatic rings. The smallest absolute Gasteiger partial charge is 0.0669 e. The highest BCUT2D eigenvalue weighted by Crippen LogP contribution is 2.33. The highest BCUT2D eigenvalue weighted by molar-refractivity contribution is 9.10. The van der Waals surface area contributed by atoms with E-state index < -0.39 is 0 Å². The Labute approximate surface area is 102 Å². The van der Waals surface area contributed by atoms with Crippen LogP contribution in [0.1, 0.15) is 12.8 Å². The van der Waals surface area contributed by atoms with E-state index in [1.165, 1.54) is 6.42 Å². The third kappa shape index (κ3) is 2.86. The van der Waals surface area contributed by atoms with E-state index in [0.717, 1.165) is 33.8 Å². The molecule has 82 valence electrons. The molecule has 1 aliphatic rings. The zero-order valence-corrected chi connectivity index (χ0v) is 10.7. The van der Waals surface area contributed by atoms with Crippen molar-refractivity contribution in [3.63, 3.8) is 0 Å². The molecule has 2 heterocycles. The van der Waals surface area contributed by atoms with Crippen molar-refractivity contribution < 1.29 is 4.74 Å². The Morgan fingerprint density at radius 3 is 3.13 bits per heavy atom. The number of hydrogen-bond acceptors (Lipinski definition) is 4. The van der Waals surface area contributed by atoms with Crippen LogP contribution in [0.15, 0.2) is 21.8 Å². The Balaban J connectivity index is 1.97. The summed E-state index contributed by atoms with van der Waals surface area (Å²) in [5.74, 6) is 0.965. The molecule has 0 amide bonds. The summed E-state index contributed by atoms with van der Waals surface area (Å²) in [7, 11) is 0. The molecule has 1 unspecified atom stereocenters. The Kier molecular flexibility index (Phi) is 3.88. The van der Waals surface area contributed by atoms with Crippen molar-refractivity contribution in [1.82, 2.24) is 4.98 Å². The van der Waals surface area contributed by atoms with Gasteiger partial charge in [-0.15, -0.1) is 11.8 Å². The first-order chi connectivity index (χ1) is 7.27. The summed E-state index contributed by atoms with van der Waals surface area (Å²) in [6.07, 6.45) is 6.18. The molecule has 0 aromatic carbocycles. The van der Waals surface area contributed by atoms with Crippen molar-refractivity contribution in [2.45, 2.75) is 23.8 Å². The van der Waals surface area contributed by atoms with E-state index in [4.69, 9.17) is 10.5 Å². The Bertz CT molecular complexity index is 322. The van der Waals surface area contributed by atoms with Gasteiger partial charge in [0.15, 0.2) is 0 Å². The maximum absolute atomic E-state index is 5.85. The summed E-state index contributed by atoms with van der Waals surface area (Å²) < 4.78 is 6.53. The van der Waals surface area contributed by atoms with Crippen molar-refractivity contribution in [2.75, 3.05) is 18.1 Å². The zero-order valence-electron chi connectivity index (χ0n) is 8.28. The van der Waals surface area contributed by atoms with Gasteiger partial charge in [0, 0.05) is 23.5 Å². The highest BCUT2D eigenvalue weighted by Gasteiger charge is 2.16. The van der Waals surface area contributed by atoms with Gasteiger partial charge in [-0.1, -0.05) is 0 Å². The topological polar surface area (TPSA) is 48.1 Å². The lowest BCUT2D eigenvalue weighted by atomic mass is 10.3. The quantitative estimate of drug-likeness (QED) is 0.869. The van der Waals surface area contributed by atoms with E-state index in [1.807, 2.05) is 0 Å². The first kappa shape index (κ1) is 11.2. The van der Waals surface area contributed by atoms with Crippen LogP contribution in [-0.2, 0) is 4.74 Å². The molecular formula is C10H13BrN2OS. The minimum Gasteiger partial charge on any atom is -0.397 e. The zero-order chi connectivity index (χ0) is 10.7. The number of pyridine rings is 1. The Morgan fingerprint density at radius 2 is 2.47 bits per heavy atom. The summed E-state index contributed by atoms with van der Waals surface area (Å²) in [5, 5.41) is 0. The van der Waals surface area contributed by atoms with E-state index in [9.17, 15) is 0 Å². The van der Waals surface area contributed by atoms with Gasteiger partial charge < -0.3 is 10.5 Å². The van der Waals surface area contributed by atoms with Crippen molar-refractivity contribution in [3.05, 3.63) is 16.9 Å². The molecule has 3 nitrogen and oxygen atoms in total. The lowest BCUT2D eigenvalue weighted by Crippen LogP contribution is -2.08. The van der Waals surface area contributed by atoms with Crippen LogP contribution in [-0.4, -0.2) is 23.4 Å². The van der Waals surface area contributed by atoms with Crippen LogP contribution in [0.2, 0.25) is 0 Å². The van der Waals surface area contributed by atoms with Crippen molar-refractivity contribution in [3.8, 4) is 0 Å². The van der Waals surface area contributed by atoms with Gasteiger partial charge >= 0.3 is 0 Å². The summed E-state index contributed by atoms with van der Waals surface area (Å²) in [5.41, 5.74) is 6.58. The number of rotatable bonds is 3. The number of anilines is 1. The van der Waals surface area contributed by atoms with Crippen LogP contribution >= 0.6 is 27.7 Å². The van der Waals surface area contributed by atoms with Crippen LogP contribution < -0.4 is 5.73 Å². The molecule has 0 spiro atoms. The fraction of sp³-hybridized carbons (Fsp3) is 0.500. The first-order valence-electron chi connectivity index (χ1n) is 4.91. The second kappa shape index (κ2) is 5.18. The maximum Gasteiger partial charge on any atom is 0.0669 e. The van der Waals surface area contributed by atoms with Gasteiger partial charge in [-0.3, -0.25) is 4.98 Å². The number of halogens is 1. The fourth-order valence-corrected chi connectivity index (χ4v) is 3.26. The summed E-state index contributed by atoms with van der Waals surface area (Å²) >= 11 is 5.19. The predicted octanol–water partition coefficient (Wildman–Crippen LogP) is 2.70. The van der Waals surface area contributed by atoms with E-state index in [1.54, 1.807) is 24.2 Å². The number of nitrogen functional groups attached to an aromatic ring is 1. The molecule has 0 saturated carbocycles. The SMILES string of the molecule is Nc1cncc(Br)c1SCC1CCCO1. The monoisotopic (exact) mass is 288 g/mol. The van der Waals surface area contributed by atoms with E-state index >= 15 is 0 Å². The average Bonchev–Trinajstić information content (AvgIpc) is 2.70. The predicted molar refractivity (Wildman–Crippen MR) is 66.0 cm³/mol. The first-order valence-corrected chi connectivity index (χ1v) is 6.68. The molecule has 0 bridgehead atoms. The number of nitrogens with zero attached hydrogens (tertiary/aromatic N) is 1. The van der Waals surface area contributed by atoms with E-state index in [2.05, 4.69) is 20.9 Å². The fourth-order valence-electron chi connectivity index (χ4n) is 1.54. The van der Waals surface area contributed by atoms with Crippen LogP contribution in [0, 0.1) is 0 Å². The van der Waals surface area contributed by atoms with Crippen LogP contribution in [0.4, 0.5) is 5.69 Å². The average molecular weight is 289 g/mol. The number of ether oxygens (including phenoxy) is 1. The third-order valence-electron chi connectivity index (χ3n) is 2.32. The minimum absolute atomic E-state index is 0.384. The molecule has 2 N–H and O–H groups in total. The van der Waals surface area contributed by atoms with Crippen LogP contribution in [0.3, 0.4) is 0 Å². The normalized spacial score (nSPS) is 20.7. The third-order valence-corrected chi connectivity index (χ3v) is 4.46. The highest BCUT2D eigenvalue weighted by atomic mass is 79.9. The molecule has 1 saturated heterocycles. The lowest BCUT2D eigenvalue weighted by Gasteiger charge is -2.11. The van der Waals surface area contributed by atoms with Gasteiger partial charge in [-0.2, -0.15) is 0 Å². The van der Waals surface area contributed by atoms with Crippen molar-refractivity contribution in [2.24, 2.45) is 0 Å². The largest absolute Gasteiger partial charge is 0.397 e. The molecule has 15 heavy (non-hydrogen) atoms. The van der Waals surface area contributed by atoms with E-state index in [-0.39, 0.29) is 0 Å². The number of nitrogens with two attached hydrogens (primary N) is 1. The minimum atomic E-state index is 0.384. The van der Waals surface area contributed by atoms with Gasteiger partial charge in [0.05, 0.1) is 22.5 Å².